The van der Waals surface area contributed by atoms with E-state index in [2.05, 4.69) is 5.32 Å². The summed E-state index contributed by atoms with van der Waals surface area (Å²) in [6.45, 7) is 2.59. The molecule has 1 aliphatic heterocycles. The van der Waals surface area contributed by atoms with Crippen LogP contribution >= 0.6 is 12.2 Å². The summed E-state index contributed by atoms with van der Waals surface area (Å²) in [5.41, 5.74) is 1.18. The molecule has 2 aromatic rings. The summed E-state index contributed by atoms with van der Waals surface area (Å²) in [5.74, 6) is -0.428. The lowest BCUT2D eigenvalue weighted by molar-refractivity contribution is 0.0973. The van der Waals surface area contributed by atoms with Crippen LogP contribution in [0.3, 0.4) is 0 Å². The number of carbonyl (C=O) groups is 1. The number of amides is 1. The van der Waals surface area contributed by atoms with Crippen molar-refractivity contribution in [2.45, 2.75) is 0 Å². The fourth-order valence-corrected chi connectivity index (χ4v) is 2.97. The number of benzene rings is 2. The van der Waals surface area contributed by atoms with Crippen molar-refractivity contribution in [3.8, 4) is 0 Å². The second kappa shape index (κ2) is 7.40. The fraction of sp³-hybridized carbons (Fsp3) is 0.222. The SMILES string of the molecule is O=C(NC(=S)N1CCN(c2ccccc2F)CC1)c1ccccc1. The molecule has 0 aromatic heterocycles. The van der Waals surface area contributed by atoms with Crippen molar-refractivity contribution < 1.29 is 9.18 Å². The molecule has 24 heavy (non-hydrogen) atoms. The topological polar surface area (TPSA) is 35.6 Å². The highest BCUT2D eigenvalue weighted by atomic mass is 32.1. The first-order valence-corrected chi connectivity index (χ1v) is 8.21. The third-order valence-corrected chi connectivity index (χ3v) is 4.38. The van der Waals surface area contributed by atoms with Gasteiger partial charge < -0.3 is 9.80 Å². The number of halogens is 1. The van der Waals surface area contributed by atoms with Gasteiger partial charge in [-0.1, -0.05) is 30.3 Å². The lowest BCUT2D eigenvalue weighted by Gasteiger charge is -2.37. The Morgan fingerprint density at radius 2 is 1.58 bits per heavy atom. The van der Waals surface area contributed by atoms with Crippen LogP contribution in [0, 0.1) is 5.82 Å². The molecule has 1 heterocycles. The molecule has 1 N–H and O–H groups in total. The van der Waals surface area contributed by atoms with Gasteiger partial charge in [0.2, 0.25) is 0 Å². The van der Waals surface area contributed by atoms with E-state index in [4.69, 9.17) is 12.2 Å². The number of thiocarbonyl (C=S) groups is 1. The first-order chi connectivity index (χ1) is 11.6. The molecule has 1 fully saturated rings. The molecule has 0 unspecified atom stereocenters. The summed E-state index contributed by atoms with van der Waals surface area (Å²) in [5, 5.41) is 3.17. The zero-order valence-corrected chi connectivity index (χ0v) is 13.9. The number of hydrogen-bond acceptors (Lipinski definition) is 3. The average molecular weight is 343 g/mol. The number of rotatable bonds is 2. The Hall–Kier alpha value is -2.47. The highest BCUT2D eigenvalue weighted by Gasteiger charge is 2.21. The minimum absolute atomic E-state index is 0.211. The van der Waals surface area contributed by atoms with Gasteiger partial charge in [-0.2, -0.15) is 0 Å². The summed E-state index contributed by atoms with van der Waals surface area (Å²) in [6.07, 6.45) is 0. The molecule has 3 rings (SSSR count). The zero-order valence-electron chi connectivity index (χ0n) is 13.1. The van der Waals surface area contributed by atoms with Crippen molar-refractivity contribution in [1.82, 2.24) is 10.2 Å². The summed E-state index contributed by atoms with van der Waals surface area (Å²) in [4.78, 5) is 16.1. The van der Waals surface area contributed by atoms with E-state index in [1.165, 1.54) is 6.07 Å². The second-order valence-electron chi connectivity index (χ2n) is 5.55. The van der Waals surface area contributed by atoms with Crippen molar-refractivity contribution in [2.75, 3.05) is 31.1 Å². The molecule has 0 atom stereocenters. The maximum absolute atomic E-state index is 13.9. The van der Waals surface area contributed by atoms with Crippen LogP contribution in [0.1, 0.15) is 10.4 Å². The van der Waals surface area contributed by atoms with Crippen molar-refractivity contribution >= 4 is 28.9 Å². The highest BCUT2D eigenvalue weighted by Crippen LogP contribution is 2.20. The average Bonchev–Trinajstić information content (AvgIpc) is 2.63. The third kappa shape index (κ3) is 3.71. The van der Waals surface area contributed by atoms with Gasteiger partial charge in [-0.25, -0.2) is 4.39 Å². The Morgan fingerprint density at radius 1 is 0.958 bits per heavy atom. The third-order valence-electron chi connectivity index (χ3n) is 4.02. The minimum Gasteiger partial charge on any atom is -0.366 e. The molecule has 0 aliphatic carbocycles. The summed E-state index contributed by atoms with van der Waals surface area (Å²) >= 11 is 5.33. The quantitative estimate of drug-likeness (QED) is 0.851. The first kappa shape index (κ1) is 16.4. The summed E-state index contributed by atoms with van der Waals surface area (Å²) in [7, 11) is 0. The molecule has 4 nitrogen and oxygen atoms in total. The highest BCUT2D eigenvalue weighted by molar-refractivity contribution is 7.80. The molecule has 0 bridgehead atoms. The van der Waals surface area contributed by atoms with Gasteiger partial charge in [-0.15, -0.1) is 0 Å². The molecule has 0 saturated carbocycles. The Kier molecular flexibility index (Phi) is 5.05. The van der Waals surface area contributed by atoms with Crippen molar-refractivity contribution in [3.05, 3.63) is 66.0 Å². The van der Waals surface area contributed by atoms with E-state index in [0.29, 0.717) is 42.5 Å². The molecular weight excluding hydrogens is 325 g/mol. The first-order valence-electron chi connectivity index (χ1n) is 7.80. The van der Waals surface area contributed by atoms with Crippen molar-refractivity contribution in [3.63, 3.8) is 0 Å². The Morgan fingerprint density at radius 3 is 2.25 bits per heavy atom. The Balaban J connectivity index is 1.56. The monoisotopic (exact) mass is 343 g/mol. The van der Waals surface area contributed by atoms with E-state index in [-0.39, 0.29) is 11.7 Å². The number of piperazine rings is 1. The van der Waals surface area contributed by atoms with Gasteiger partial charge in [0, 0.05) is 31.7 Å². The van der Waals surface area contributed by atoms with E-state index in [1.54, 1.807) is 24.3 Å². The van der Waals surface area contributed by atoms with Crippen LogP contribution in [0.5, 0.6) is 0 Å². The van der Waals surface area contributed by atoms with E-state index in [9.17, 15) is 9.18 Å². The number of nitrogens with zero attached hydrogens (tertiary/aromatic N) is 2. The molecular formula is C18H18FN3OS. The van der Waals surface area contributed by atoms with Crippen LogP contribution in [0.25, 0.3) is 0 Å². The van der Waals surface area contributed by atoms with Crippen molar-refractivity contribution in [1.29, 1.82) is 0 Å². The van der Waals surface area contributed by atoms with Gasteiger partial charge in [0.1, 0.15) is 5.82 Å². The predicted octanol–water partition coefficient (Wildman–Crippen LogP) is 2.66. The van der Waals surface area contributed by atoms with Crippen molar-refractivity contribution in [2.24, 2.45) is 0 Å². The largest absolute Gasteiger partial charge is 0.366 e. The second-order valence-corrected chi connectivity index (χ2v) is 5.94. The van der Waals surface area contributed by atoms with E-state index in [1.807, 2.05) is 34.1 Å². The lowest BCUT2D eigenvalue weighted by atomic mass is 10.2. The molecule has 0 radical (unpaired) electrons. The maximum Gasteiger partial charge on any atom is 0.257 e. The Bertz CT molecular complexity index is 730. The van der Waals surface area contributed by atoms with Gasteiger partial charge in [0.05, 0.1) is 5.69 Å². The molecule has 1 saturated heterocycles. The predicted molar refractivity (Wildman–Crippen MR) is 96.7 cm³/mol. The normalized spacial score (nSPS) is 14.4. The standard InChI is InChI=1S/C18H18FN3OS/c19-15-8-4-5-9-16(15)21-10-12-22(13-11-21)18(24)20-17(23)14-6-2-1-3-7-14/h1-9H,10-13H2,(H,20,23,24). The zero-order chi connectivity index (χ0) is 16.9. The van der Waals surface area contributed by atoms with Crippen LogP contribution in [-0.4, -0.2) is 42.1 Å². The smallest absolute Gasteiger partial charge is 0.257 e. The molecule has 2 aromatic carbocycles. The summed E-state index contributed by atoms with van der Waals surface area (Å²) < 4.78 is 13.9. The van der Waals surface area contributed by atoms with E-state index >= 15 is 0 Å². The molecule has 1 amide bonds. The van der Waals surface area contributed by atoms with Crippen LogP contribution < -0.4 is 10.2 Å². The lowest BCUT2D eigenvalue weighted by Crippen LogP contribution is -2.52. The number of carbonyl (C=O) groups excluding carboxylic acids is 1. The molecule has 0 spiro atoms. The van der Waals surface area contributed by atoms with Crippen LogP contribution in [0.2, 0.25) is 0 Å². The van der Waals surface area contributed by atoms with Gasteiger partial charge in [0.25, 0.3) is 5.91 Å². The molecule has 1 aliphatic rings. The van der Waals surface area contributed by atoms with Gasteiger partial charge >= 0.3 is 0 Å². The Labute approximate surface area is 145 Å². The van der Waals surface area contributed by atoms with Gasteiger partial charge in [0.15, 0.2) is 5.11 Å². The van der Waals surface area contributed by atoms with Gasteiger partial charge in [-0.05, 0) is 36.5 Å². The van der Waals surface area contributed by atoms with E-state index < -0.39 is 0 Å². The maximum atomic E-state index is 13.9. The van der Waals surface area contributed by atoms with Gasteiger partial charge in [-0.3, -0.25) is 10.1 Å². The number of para-hydroxylation sites is 1. The minimum atomic E-state index is -0.217. The van der Waals surface area contributed by atoms with Crippen LogP contribution in [-0.2, 0) is 0 Å². The molecule has 6 heteroatoms. The van der Waals surface area contributed by atoms with Crippen LogP contribution in [0.15, 0.2) is 54.6 Å². The number of hydrogen-bond donors (Lipinski definition) is 1. The fourth-order valence-electron chi connectivity index (χ4n) is 2.70. The molecule has 124 valence electrons. The number of nitrogens with one attached hydrogen (secondary N) is 1. The van der Waals surface area contributed by atoms with E-state index in [0.717, 1.165) is 0 Å². The van der Waals surface area contributed by atoms with Crippen LogP contribution in [0.4, 0.5) is 10.1 Å². The summed E-state index contributed by atoms with van der Waals surface area (Å²) in [6, 6.07) is 15.7. The number of anilines is 1.